The Hall–Kier alpha value is -4.04. The summed E-state index contributed by atoms with van der Waals surface area (Å²) in [6, 6.07) is 32.2. The highest BCUT2D eigenvalue weighted by Crippen LogP contribution is 2.34. The third-order valence-electron chi connectivity index (χ3n) is 6.03. The normalized spacial score (nSPS) is 10.9. The molecule has 0 bridgehead atoms. The van der Waals surface area contributed by atoms with Crippen LogP contribution in [0.5, 0.6) is 0 Å². The molecule has 5 aromatic rings. The van der Waals surface area contributed by atoms with Crippen molar-refractivity contribution in [1.82, 2.24) is 9.97 Å². The first kappa shape index (κ1) is 21.8. The van der Waals surface area contributed by atoms with Gasteiger partial charge in [-0.15, -0.1) is 0 Å². The molecule has 34 heavy (non-hydrogen) atoms. The number of hydrogen-bond acceptors (Lipinski definition) is 2. The van der Waals surface area contributed by atoms with Gasteiger partial charge in [0.15, 0.2) is 0 Å². The second-order valence-electron chi connectivity index (χ2n) is 9.15. The van der Waals surface area contributed by atoms with E-state index in [0.717, 1.165) is 33.8 Å². The van der Waals surface area contributed by atoms with Crippen LogP contribution in [0.1, 0.15) is 22.3 Å². The van der Waals surface area contributed by atoms with Crippen LogP contribution in [0.4, 0.5) is 0 Å². The van der Waals surface area contributed by atoms with Gasteiger partial charge in [0.25, 0.3) is 0 Å². The van der Waals surface area contributed by atoms with Crippen molar-refractivity contribution in [2.75, 3.05) is 0 Å². The number of nitrogens with zero attached hydrogens (tertiary/aromatic N) is 2. The zero-order valence-electron chi connectivity index (χ0n) is 20.1. The Kier molecular flexibility index (Phi) is 5.81. The van der Waals surface area contributed by atoms with Crippen molar-refractivity contribution in [1.29, 1.82) is 0 Å². The summed E-state index contributed by atoms with van der Waals surface area (Å²) in [7, 11) is 0. The number of aryl methyl sites for hydroxylation is 4. The highest BCUT2D eigenvalue weighted by molar-refractivity contribution is 5.81. The molecule has 0 N–H and O–H groups in total. The van der Waals surface area contributed by atoms with Crippen LogP contribution in [-0.4, -0.2) is 9.97 Å². The van der Waals surface area contributed by atoms with Gasteiger partial charge in [-0.25, -0.2) is 4.98 Å². The quantitative estimate of drug-likeness (QED) is 0.280. The molecule has 4 aromatic carbocycles. The molecule has 2 heteroatoms. The molecule has 0 aliphatic carbocycles. The van der Waals surface area contributed by atoms with Gasteiger partial charge in [0.2, 0.25) is 0 Å². The van der Waals surface area contributed by atoms with Crippen LogP contribution in [0.25, 0.3) is 44.9 Å². The SMILES string of the molecule is Cc1cc(C)cc(-c2ncc(-c3cccc(-c4ccccc4)c3)nc2-c2cc(C)cc(C)c2)c1. The molecule has 0 saturated heterocycles. The lowest BCUT2D eigenvalue weighted by molar-refractivity contribution is 1.20. The molecule has 0 aliphatic heterocycles. The van der Waals surface area contributed by atoms with E-state index in [1.54, 1.807) is 0 Å². The molecule has 0 atom stereocenters. The molecule has 0 spiro atoms. The van der Waals surface area contributed by atoms with Crippen LogP contribution in [-0.2, 0) is 0 Å². The third-order valence-corrected chi connectivity index (χ3v) is 6.03. The summed E-state index contributed by atoms with van der Waals surface area (Å²) in [6.45, 7) is 8.52. The lowest BCUT2D eigenvalue weighted by atomic mass is 9.97. The second kappa shape index (κ2) is 9.07. The predicted molar refractivity (Wildman–Crippen MR) is 143 cm³/mol. The largest absolute Gasteiger partial charge is 0.252 e. The van der Waals surface area contributed by atoms with E-state index < -0.39 is 0 Å². The Labute approximate surface area is 202 Å². The van der Waals surface area contributed by atoms with Gasteiger partial charge in [-0.3, -0.25) is 4.98 Å². The molecule has 0 aliphatic rings. The summed E-state index contributed by atoms with van der Waals surface area (Å²) in [6.07, 6.45) is 1.91. The van der Waals surface area contributed by atoms with Crippen molar-refractivity contribution < 1.29 is 0 Å². The Bertz CT molecular complexity index is 1440. The van der Waals surface area contributed by atoms with Crippen LogP contribution in [0.15, 0.2) is 97.2 Å². The average molecular weight is 441 g/mol. The minimum Gasteiger partial charge on any atom is -0.252 e. The lowest BCUT2D eigenvalue weighted by Gasteiger charge is -2.14. The molecule has 0 unspecified atom stereocenters. The highest BCUT2D eigenvalue weighted by atomic mass is 14.8. The van der Waals surface area contributed by atoms with Gasteiger partial charge in [0.05, 0.1) is 23.3 Å². The maximum atomic E-state index is 5.20. The monoisotopic (exact) mass is 440 g/mol. The highest BCUT2D eigenvalue weighted by Gasteiger charge is 2.15. The van der Waals surface area contributed by atoms with Crippen LogP contribution in [0, 0.1) is 27.7 Å². The topological polar surface area (TPSA) is 25.8 Å². The van der Waals surface area contributed by atoms with Crippen LogP contribution < -0.4 is 0 Å². The average Bonchev–Trinajstić information content (AvgIpc) is 2.83. The fourth-order valence-electron chi connectivity index (χ4n) is 4.65. The third kappa shape index (κ3) is 4.53. The van der Waals surface area contributed by atoms with Crippen LogP contribution in [0.3, 0.4) is 0 Å². The maximum absolute atomic E-state index is 5.20. The first-order valence-corrected chi connectivity index (χ1v) is 11.7. The summed E-state index contributed by atoms with van der Waals surface area (Å²) in [5, 5.41) is 0. The zero-order valence-corrected chi connectivity index (χ0v) is 20.1. The summed E-state index contributed by atoms with van der Waals surface area (Å²) in [4.78, 5) is 10.2. The van der Waals surface area contributed by atoms with E-state index in [-0.39, 0.29) is 0 Å². The van der Waals surface area contributed by atoms with Crippen molar-refractivity contribution in [3.63, 3.8) is 0 Å². The Morgan fingerprint density at radius 2 is 0.971 bits per heavy atom. The molecule has 1 aromatic heterocycles. The number of benzene rings is 4. The Balaban J connectivity index is 1.69. The Morgan fingerprint density at radius 1 is 0.441 bits per heavy atom. The molecule has 0 radical (unpaired) electrons. The molecule has 0 amide bonds. The van der Waals surface area contributed by atoms with E-state index in [1.807, 2.05) is 12.3 Å². The molecule has 2 nitrogen and oxygen atoms in total. The van der Waals surface area contributed by atoms with E-state index in [9.17, 15) is 0 Å². The van der Waals surface area contributed by atoms with E-state index in [2.05, 4.69) is 113 Å². The van der Waals surface area contributed by atoms with Gasteiger partial charge in [0.1, 0.15) is 0 Å². The lowest BCUT2D eigenvalue weighted by Crippen LogP contribution is -1.98. The van der Waals surface area contributed by atoms with Crippen molar-refractivity contribution in [3.05, 3.63) is 119 Å². The van der Waals surface area contributed by atoms with E-state index in [1.165, 1.54) is 33.4 Å². The first-order chi connectivity index (χ1) is 16.5. The van der Waals surface area contributed by atoms with Crippen LogP contribution >= 0.6 is 0 Å². The maximum Gasteiger partial charge on any atom is 0.0972 e. The first-order valence-electron chi connectivity index (χ1n) is 11.7. The summed E-state index contributed by atoms with van der Waals surface area (Å²) in [5.41, 5.74) is 13.2. The predicted octanol–water partition coefficient (Wildman–Crippen LogP) is 8.38. The van der Waals surface area contributed by atoms with E-state index in [0.29, 0.717) is 0 Å². The fourth-order valence-corrected chi connectivity index (χ4v) is 4.65. The molecule has 0 fully saturated rings. The van der Waals surface area contributed by atoms with Gasteiger partial charge >= 0.3 is 0 Å². The van der Waals surface area contributed by atoms with E-state index in [4.69, 9.17) is 9.97 Å². The number of rotatable bonds is 4. The van der Waals surface area contributed by atoms with Crippen molar-refractivity contribution in [2.45, 2.75) is 27.7 Å². The fraction of sp³-hybridized carbons (Fsp3) is 0.125. The molecule has 5 rings (SSSR count). The van der Waals surface area contributed by atoms with Gasteiger partial charge in [-0.05, 0) is 69.2 Å². The van der Waals surface area contributed by atoms with Crippen molar-refractivity contribution >= 4 is 0 Å². The van der Waals surface area contributed by atoms with Gasteiger partial charge in [0, 0.05) is 16.7 Å². The standard InChI is InChI=1S/C32H28N2/c1-21-13-22(2)16-28(15-21)31-32(29-17-23(3)14-24(4)18-29)34-30(20-33-31)27-12-8-11-26(19-27)25-9-6-5-7-10-25/h5-20H,1-4H3. The smallest absolute Gasteiger partial charge is 0.0972 e. The Morgan fingerprint density at radius 3 is 1.59 bits per heavy atom. The van der Waals surface area contributed by atoms with Crippen molar-refractivity contribution in [2.24, 2.45) is 0 Å². The minimum absolute atomic E-state index is 0.875. The number of hydrogen-bond donors (Lipinski definition) is 0. The van der Waals surface area contributed by atoms with Gasteiger partial charge in [-0.2, -0.15) is 0 Å². The molecule has 166 valence electrons. The molecular formula is C32H28N2. The summed E-state index contributed by atoms with van der Waals surface area (Å²) in [5.74, 6) is 0. The number of aromatic nitrogens is 2. The zero-order chi connectivity index (χ0) is 23.7. The van der Waals surface area contributed by atoms with E-state index >= 15 is 0 Å². The second-order valence-corrected chi connectivity index (χ2v) is 9.15. The van der Waals surface area contributed by atoms with Gasteiger partial charge < -0.3 is 0 Å². The minimum atomic E-state index is 0.875. The molecule has 0 saturated carbocycles. The van der Waals surface area contributed by atoms with Crippen molar-refractivity contribution in [3.8, 4) is 44.9 Å². The molecule has 1 heterocycles. The van der Waals surface area contributed by atoms with Gasteiger partial charge in [-0.1, -0.05) is 82.9 Å². The molecular weight excluding hydrogens is 412 g/mol. The summed E-state index contributed by atoms with van der Waals surface area (Å²) < 4.78 is 0. The van der Waals surface area contributed by atoms with Crippen LogP contribution in [0.2, 0.25) is 0 Å². The summed E-state index contributed by atoms with van der Waals surface area (Å²) >= 11 is 0.